The SMILES string of the molecule is CCn1nc(C)c(Cl)c1CC(=O)C(C)(CC)CN. The molecule has 0 aromatic carbocycles. The molecule has 4 nitrogen and oxygen atoms in total. The van der Waals surface area contributed by atoms with Crippen molar-refractivity contribution < 1.29 is 4.79 Å². The van der Waals surface area contributed by atoms with Crippen molar-refractivity contribution in [2.75, 3.05) is 6.54 Å². The van der Waals surface area contributed by atoms with Gasteiger partial charge in [-0.05, 0) is 20.3 Å². The Morgan fingerprint density at radius 3 is 2.56 bits per heavy atom. The standard InChI is InChI=1S/C13H22ClN3O/c1-5-13(4,8-15)11(18)7-10-12(14)9(3)16-17(10)6-2/h5-8,15H2,1-4H3. The second kappa shape index (κ2) is 5.85. The van der Waals surface area contributed by atoms with E-state index in [0.29, 0.717) is 24.5 Å². The van der Waals surface area contributed by atoms with E-state index in [0.717, 1.165) is 17.8 Å². The number of hydrogen-bond donors (Lipinski definition) is 1. The number of hydrogen-bond acceptors (Lipinski definition) is 3. The summed E-state index contributed by atoms with van der Waals surface area (Å²) >= 11 is 6.21. The van der Waals surface area contributed by atoms with Crippen LogP contribution in [0.3, 0.4) is 0 Å². The van der Waals surface area contributed by atoms with E-state index >= 15 is 0 Å². The zero-order chi connectivity index (χ0) is 13.9. The number of aromatic nitrogens is 2. The van der Waals surface area contributed by atoms with Gasteiger partial charge in [-0.3, -0.25) is 9.48 Å². The number of nitrogens with zero attached hydrogens (tertiary/aromatic N) is 2. The average molecular weight is 272 g/mol. The molecule has 0 spiro atoms. The van der Waals surface area contributed by atoms with Crippen LogP contribution in [0.4, 0.5) is 0 Å². The van der Waals surface area contributed by atoms with Crippen LogP contribution in [0.25, 0.3) is 0 Å². The number of rotatable bonds is 6. The predicted molar refractivity (Wildman–Crippen MR) is 73.8 cm³/mol. The van der Waals surface area contributed by atoms with E-state index in [2.05, 4.69) is 5.10 Å². The summed E-state index contributed by atoms with van der Waals surface area (Å²) in [5, 5.41) is 4.91. The van der Waals surface area contributed by atoms with Gasteiger partial charge in [-0.15, -0.1) is 0 Å². The maximum absolute atomic E-state index is 12.3. The molecule has 0 saturated heterocycles. The number of halogens is 1. The first-order valence-electron chi connectivity index (χ1n) is 6.34. The molecule has 1 atom stereocenters. The van der Waals surface area contributed by atoms with E-state index in [9.17, 15) is 4.79 Å². The van der Waals surface area contributed by atoms with Crippen molar-refractivity contribution in [1.82, 2.24) is 9.78 Å². The molecule has 0 aliphatic rings. The zero-order valence-corrected chi connectivity index (χ0v) is 12.3. The molecule has 2 N–H and O–H groups in total. The highest BCUT2D eigenvalue weighted by molar-refractivity contribution is 6.32. The van der Waals surface area contributed by atoms with Crippen LogP contribution in [0.15, 0.2) is 0 Å². The smallest absolute Gasteiger partial charge is 0.145 e. The molecule has 18 heavy (non-hydrogen) atoms. The topological polar surface area (TPSA) is 60.9 Å². The Morgan fingerprint density at radius 1 is 1.50 bits per heavy atom. The molecule has 0 amide bonds. The molecule has 0 aliphatic heterocycles. The number of Topliss-reactive ketones (excluding diaryl/α,β-unsaturated/α-hetero) is 1. The lowest BCUT2D eigenvalue weighted by Crippen LogP contribution is -2.36. The van der Waals surface area contributed by atoms with Crippen LogP contribution in [0.1, 0.15) is 38.6 Å². The summed E-state index contributed by atoms with van der Waals surface area (Å²) in [5.74, 6) is 0.129. The Bertz CT molecular complexity index is 436. The summed E-state index contributed by atoms with van der Waals surface area (Å²) in [7, 11) is 0. The maximum Gasteiger partial charge on any atom is 0.145 e. The first-order chi connectivity index (χ1) is 8.39. The summed E-state index contributed by atoms with van der Waals surface area (Å²) in [6, 6.07) is 0. The van der Waals surface area contributed by atoms with Crippen LogP contribution in [-0.4, -0.2) is 22.1 Å². The van der Waals surface area contributed by atoms with Gasteiger partial charge < -0.3 is 5.73 Å². The lowest BCUT2D eigenvalue weighted by molar-refractivity contribution is -0.127. The van der Waals surface area contributed by atoms with Gasteiger partial charge in [0.25, 0.3) is 0 Å². The fourth-order valence-corrected chi connectivity index (χ4v) is 2.06. The fraction of sp³-hybridized carbons (Fsp3) is 0.692. The van der Waals surface area contributed by atoms with Gasteiger partial charge in [-0.25, -0.2) is 0 Å². The Labute approximate surface area is 113 Å². The van der Waals surface area contributed by atoms with Crippen molar-refractivity contribution in [3.63, 3.8) is 0 Å². The molecule has 0 saturated carbocycles. The summed E-state index contributed by atoms with van der Waals surface area (Å²) in [6.45, 7) is 8.79. The molecule has 0 bridgehead atoms. The molecule has 0 aliphatic carbocycles. The van der Waals surface area contributed by atoms with Crippen molar-refractivity contribution in [3.05, 3.63) is 16.4 Å². The minimum Gasteiger partial charge on any atom is -0.329 e. The van der Waals surface area contributed by atoms with Gasteiger partial charge in [0, 0.05) is 18.5 Å². The number of carbonyl (C=O) groups excluding carboxylic acids is 1. The van der Waals surface area contributed by atoms with Gasteiger partial charge in [0.1, 0.15) is 5.78 Å². The predicted octanol–water partition coefficient (Wildman–Crippen LogP) is 2.35. The van der Waals surface area contributed by atoms with Crippen molar-refractivity contribution in [2.45, 2.75) is 47.1 Å². The van der Waals surface area contributed by atoms with Gasteiger partial charge in [0.2, 0.25) is 0 Å². The highest BCUT2D eigenvalue weighted by Gasteiger charge is 2.31. The Hall–Kier alpha value is -0.870. The van der Waals surface area contributed by atoms with E-state index in [1.165, 1.54) is 0 Å². The highest BCUT2D eigenvalue weighted by Crippen LogP contribution is 2.26. The van der Waals surface area contributed by atoms with Crippen molar-refractivity contribution >= 4 is 17.4 Å². The van der Waals surface area contributed by atoms with Gasteiger partial charge in [-0.2, -0.15) is 5.10 Å². The molecule has 102 valence electrons. The van der Waals surface area contributed by atoms with Crippen molar-refractivity contribution in [2.24, 2.45) is 11.1 Å². The lowest BCUT2D eigenvalue weighted by Gasteiger charge is -2.24. The van der Waals surface area contributed by atoms with E-state index in [1.807, 2.05) is 27.7 Å². The third-order valence-electron chi connectivity index (χ3n) is 3.68. The molecule has 1 rings (SSSR count). The van der Waals surface area contributed by atoms with Crippen LogP contribution in [0.5, 0.6) is 0 Å². The molecule has 1 aromatic heterocycles. The van der Waals surface area contributed by atoms with E-state index in [-0.39, 0.29) is 5.78 Å². The van der Waals surface area contributed by atoms with Gasteiger partial charge >= 0.3 is 0 Å². The monoisotopic (exact) mass is 271 g/mol. The second-order valence-electron chi connectivity index (χ2n) is 4.88. The zero-order valence-electron chi connectivity index (χ0n) is 11.6. The molecular weight excluding hydrogens is 250 g/mol. The lowest BCUT2D eigenvalue weighted by atomic mass is 9.81. The van der Waals surface area contributed by atoms with Gasteiger partial charge in [-0.1, -0.05) is 25.4 Å². The minimum atomic E-state index is -0.472. The normalized spacial score (nSPS) is 14.6. The van der Waals surface area contributed by atoms with E-state index in [4.69, 9.17) is 17.3 Å². The Kier molecular flexibility index (Phi) is 4.93. The molecule has 5 heteroatoms. The molecule has 1 unspecified atom stereocenters. The first-order valence-corrected chi connectivity index (χ1v) is 6.72. The highest BCUT2D eigenvalue weighted by atomic mass is 35.5. The van der Waals surface area contributed by atoms with Gasteiger partial charge in [0.15, 0.2) is 0 Å². The van der Waals surface area contributed by atoms with Crippen LogP contribution in [0, 0.1) is 12.3 Å². The van der Waals surface area contributed by atoms with E-state index < -0.39 is 5.41 Å². The largest absolute Gasteiger partial charge is 0.329 e. The summed E-state index contributed by atoms with van der Waals surface area (Å²) in [5.41, 5.74) is 6.81. The minimum absolute atomic E-state index is 0.129. The van der Waals surface area contributed by atoms with Crippen LogP contribution in [0.2, 0.25) is 5.02 Å². The van der Waals surface area contributed by atoms with Crippen LogP contribution >= 0.6 is 11.6 Å². The third kappa shape index (κ3) is 2.75. The first kappa shape index (κ1) is 15.2. The number of carbonyl (C=O) groups is 1. The van der Waals surface area contributed by atoms with Gasteiger partial charge in [0.05, 0.1) is 22.8 Å². The van der Waals surface area contributed by atoms with E-state index in [1.54, 1.807) is 4.68 Å². The molecule has 0 radical (unpaired) electrons. The quantitative estimate of drug-likeness (QED) is 0.864. The molecule has 1 aromatic rings. The summed E-state index contributed by atoms with van der Waals surface area (Å²) in [4.78, 5) is 12.3. The molecule has 0 fully saturated rings. The third-order valence-corrected chi connectivity index (χ3v) is 4.18. The molecule has 1 heterocycles. The average Bonchev–Trinajstić information content (AvgIpc) is 2.65. The van der Waals surface area contributed by atoms with Crippen LogP contribution in [-0.2, 0) is 17.8 Å². The maximum atomic E-state index is 12.3. The summed E-state index contributed by atoms with van der Waals surface area (Å²) in [6.07, 6.45) is 1.04. The van der Waals surface area contributed by atoms with Crippen molar-refractivity contribution in [3.8, 4) is 0 Å². The van der Waals surface area contributed by atoms with Crippen molar-refractivity contribution in [1.29, 1.82) is 0 Å². The Morgan fingerprint density at radius 2 is 2.11 bits per heavy atom. The summed E-state index contributed by atoms with van der Waals surface area (Å²) < 4.78 is 1.79. The molecular formula is C13H22ClN3O. The fourth-order valence-electron chi connectivity index (χ4n) is 1.86. The Balaban J connectivity index is 3.01. The number of aryl methyl sites for hydroxylation is 2. The number of nitrogens with two attached hydrogens (primary N) is 1. The second-order valence-corrected chi connectivity index (χ2v) is 5.26. The number of ketones is 1. The van der Waals surface area contributed by atoms with Crippen LogP contribution < -0.4 is 5.73 Å².